The van der Waals surface area contributed by atoms with E-state index < -0.39 is 24.0 Å². The maximum atomic E-state index is 13.1. The van der Waals surface area contributed by atoms with Gasteiger partial charge in [-0.25, -0.2) is 18.7 Å². The average molecular weight is 310 g/mol. The molecule has 4 nitrogen and oxygen atoms in total. The molecule has 2 rings (SSSR count). The summed E-state index contributed by atoms with van der Waals surface area (Å²) in [6, 6.07) is -0.455. The summed E-state index contributed by atoms with van der Waals surface area (Å²) in [5.41, 5.74) is 6.02. The van der Waals surface area contributed by atoms with Gasteiger partial charge in [-0.1, -0.05) is 0 Å². The van der Waals surface area contributed by atoms with Gasteiger partial charge in [-0.3, -0.25) is 4.90 Å². The van der Waals surface area contributed by atoms with Gasteiger partial charge in [0, 0.05) is 50.4 Å². The van der Waals surface area contributed by atoms with Gasteiger partial charge in [-0.05, 0) is 0 Å². The molecule has 0 aliphatic carbocycles. The highest BCUT2D eigenvalue weighted by Crippen LogP contribution is 2.32. The molecule has 1 saturated heterocycles. The van der Waals surface area contributed by atoms with Crippen molar-refractivity contribution in [2.45, 2.75) is 31.0 Å². The third-order valence-corrected chi connectivity index (χ3v) is 3.50. The minimum absolute atomic E-state index is 0.0975. The van der Waals surface area contributed by atoms with Gasteiger partial charge in [0.15, 0.2) is 0 Å². The molecule has 0 amide bonds. The van der Waals surface area contributed by atoms with E-state index in [1.165, 1.54) is 0 Å². The number of rotatable bonds is 3. The zero-order valence-corrected chi connectivity index (χ0v) is 11.1. The number of nitrogens with zero attached hydrogens (tertiary/aromatic N) is 3. The molecule has 1 aliphatic rings. The van der Waals surface area contributed by atoms with Crippen molar-refractivity contribution in [3.05, 3.63) is 23.8 Å². The average Bonchev–Trinajstić information content (AvgIpc) is 2.41. The fraction of sp³-hybridized carbons (Fsp3) is 0.667. The van der Waals surface area contributed by atoms with Crippen LogP contribution in [0.5, 0.6) is 0 Å². The lowest BCUT2D eigenvalue weighted by Gasteiger charge is -2.36. The Bertz CT molecular complexity index is 464. The van der Waals surface area contributed by atoms with E-state index in [0.29, 0.717) is 5.56 Å². The minimum atomic E-state index is -4.61. The summed E-state index contributed by atoms with van der Waals surface area (Å²) in [6.45, 7) is 0.367. The molecule has 2 heterocycles. The Morgan fingerprint density at radius 3 is 2.14 bits per heavy atom. The van der Waals surface area contributed by atoms with Gasteiger partial charge in [0.2, 0.25) is 5.82 Å². The molecule has 0 saturated carbocycles. The van der Waals surface area contributed by atoms with Gasteiger partial charge in [-0.15, -0.1) is 0 Å². The van der Waals surface area contributed by atoms with Crippen molar-refractivity contribution in [1.82, 2.24) is 14.9 Å². The summed E-state index contributed by atoms with van der Waals surface area (Å²) in [5.74, 6) is -3.92. The summed E-state index contributed by atoms with van der Waals surface area (Å²) >= 11 is 0. The molecule has 1 atom stereocenters. The summed E-state index contributed by atoms with van der Waals surface area (Å²) in [6.07, 6.45) is -3.07. The first kappa shape index (κ1) is 16.0. The van der Waals surface area contributed by atoms with Crippen LogP contribution in [0.3, 0.4) is 0 Å². The Labute approximate surface area is 118 Å². The van der Waals surface area contributed by atoms with Crippen LogP contribution in [0.25, 0.3) is 0 Å². The minimum Gasteiger partial charge on any atom is -0.329 e. The molecule has 1 aromatic heterocycles. The number of hydrogen-bond donors (Lipinski definition) is 1. The molecule has 1 aromatic rings. The van der Waals surface area contributed by atoms with Crippen molar-refractivity contribution in [3.8, 4) is 0 Å². The van der Waals surface area contributed by atoms with Gasteiger partial charge in [0.05, 0.1) is 6.04 Å². The Balaban J connectivity index is 2.11. The molecule has 0 spiro atoms. The quantitative estimate of drug-likeness (QED) is 0.870. The molecule has 21 heavy (non-hydrogen) atoms. The molecule has 0 unspecified atom stereocenters. The van der Waals surface area contributed by atoms with Crippen LogP contribution in [0.4, 0.5) is 22.0 Å². The number of aromatic nitrogens is 2. The highest BCUT2D eigenvalue weighted by Gasteiger charge is 2.37. The summed E-state index contributed by atoms with van der Waals surface area (Å²) in [4.78, 5) is 8.28. The van der Waals surface area contributed by atoms with Crippen LogP contribution < -0.4 is 5.73 Å². The topological polar surface area (TPSA) is 55.0 Å². The van der Waals surface area contributed by atoms with E-state index in [-0.39, 0.29) is 32.5 Å². The lowest BCUT2D eigenvalue weighted by Crippen LogP contribution is -2.43. The van der Waals surface area contributed by atoms with Crippen molar-refractivity contribution in [2.24, 2.45) is 5.73 Å². The monoisotopic (exact) mass is 310 g/mol. The lowest BCUT2D eigenvalue weighted by atomic mass is 10.0. The number of piperidine rings is 1. The summed E-state index contributed by atoms with van der Waals surface area (Å²) < 4.78 is 63.4. The van der Waals surface area contributed by atoms with Crippen LogP contribution in [0.15, 0.2) is 12.4 Å². The number of halogens is 5. The second-order valence-electron chi connectivity index (χ2n) is 4.98. The number of likely N-dealkylation sites (tertiary alicyclic amines) is 1. The maximum Gasteiger partial charge on any atom is 0.451 e. The first-order valence-electron chi connectivity index (χ1n) is 6.44. The second kappa shape index (κ2) is 5.80. The smallest absolute Gasteiger partial charge is 0.329 e. The third-order valence-electron chi connectivity index (χ3n) is 3.50. The normalized spacial score (nSPS) is 21.2. The SMILES string of the molecule is NC[C@H](c1cnc(C(F)(F)F)nc1)N1CCC(F)(F)CC1. The molecule has 2 N–H and O–H groups in total. The summed E-state index contributed by atoms with van der Waals surface area (Å²) in [7, 11) is 0. The van der Waals surface area contributed by atoms with Crippen molar-refractivity contribution in [2.75, 3.05) is 19.6 Å². The van der Waals surface area contributed by atoms with Gasteiger partial charge in [0.1, 0.15) is 0 Å². The van der Waals surface area contributed by atoms with Crippen molar-refractivity contribution < 1.29 is 22.0 Å². The van der Waals surface area contributed by atoms with E-state index >= 15 is 0 Å². The molecule has 0 radical (unpaired) electrons. The van der Waals surface area contributed by atoms with E-state index in [4.69, 9.17) is 5.73 Å². The number of hydrogen-bond acceptors (Lipinski definition) is 4. The Morgan fingerprint density at radius 1 is 1.19 bits per heavy atom. The highest BCUT2D eigenvalue weighted by atomic mass is 19.4. The highest BCUT2D eigenvalue weighted by molar-refractivity contribution is 5.13. The Kier molecular flexibility index (Phi) is 4.43. The molecule has 1 aliphatic heterocycles. The van der Waals surface area contributed by atoms with Gasteiger partial charge >= 0.3 is 6.18 Å². The molecular formula is C12H15F5N4. The van der Waals surface area contributed by atoms with Crippen LogP contribution in [0.1, 0.15) is 30.3 Å². The molecule has 0 aromatic carbocycles. The van der Waals surface area contributed by atoms with Crippen LogP contribution >= 0.6 is 0 Å². The number of alkyl halides is 5. The predicted molar refractivity (Wildman–Crippen MR) is 64.6 cm³/mol. The van der Waals surface area contributed by atoms with Gasteiger partial charge in [-0.2, -0.15) is 13.2 Å². The molecule has 1 fully saturated rings. The van der Waals surface area contributed by atoms with Crippen molar-refractivity contribution in [1.29, 1.82) is 0 Å². The zero-order chi connectivity index (χ0) is 15.7. The maximum absolute atomic E-state index is 13.1. The third kappa shape index (κ3) is 3.85. The molecule has 0 bridgehead atoms. The molecular weight excluding hydrogens is 295 g/mol. The Hall–Kier alpha value is -1.35. The Morgan fingerprint density at radius 2 is 1.71 bits per heavy atom. The van der Waals surface area contributed by atoms with Crippen LogP contribution in [-0.4, -0.2) is 40.4 Å². The fourth-order valence-electron chi connectivity index (χ4n) is 2.32. The van der Waals surface area contributed by atoms with Crippen LogP contribution in [0, 0.1) is 0 Å². The largest absolute Gasteiger partial charge is 0.451 e. The second-order valence-corrected chi connectivity index (χ2v) is 4.98. The lowest BCUT2D eigenvalue weighted by molar-refractivity contribution is -0.145. The molecule has 118 valence electrons. The van der Waals surface area contributed by atoms with Crippen LogP contribution in [-0.2, 0) is 6.18 Å². The molecule has 9 heteroatoms. The predicted octanol–water partition coefficient (Wildman–Crippen LogP) is 2.23. The van der Waals surface area contributed by atoms with Gasteiger partial charge in [0.25, 0.3) is 5.92 Å². The van der Waals surface area contributed by atoms with Crippen molar-refractivity contribution in [3.63, 3.8) is 0 Å². The zero-order valence-electron chi connectivity index (χ0n) is 11.1. The van der Waals surface area contributed by atoms with Crippen LogP contribution in [0.2, 0.25) is 0 Å². The van der Waals surface area contributed by atoms with Crippen molar-refractivity contribution >= 4 is 0 Å². The summed E-state index contributed by atoms with van der Waals surface area (Å²) in [5, 5.41) is 0. The van der Waals surface area contributed by atoms with E-state index in [9.17, 15) is 22.0 Å². The first-order chi connectivity index (χ1) is 9.73. The van der Waals surface area contributed by atoms with E-state index in [0.717, 1.165) is 12.4 Å². The standard InChI is InChI=1S/C12H15F5N4/c13-11(14)1-3-21(4-2-11)9(5-18)8-6-19-10(20-7-8)12(15,16)17/h6-7,9H,1-5,18H2/t9-/m1/s1. The van der Waals surface area contributed by atoms with E-state index in [2.05, 4.69) is 9.97 Å². The van der Waals surface area contributed by atoms with E-state index in [1.54, 1.807) is 4.90 Å². The number of nitrogens with two attached hydrogens (primary N) is 1. The van der Waals surface area contributed by atoms with E-state index in [1.807, 2.05) is 0 Å². The first-order valence-corrected chi connectivity index (χ1v) is 6.44. The fourth-order valence-corrected chi connectivity index (χ4v) is 2.32. The van der Waals surface area contributed by atoms with Gasteiger partial charge < -0.3 is 5.73 Å².